The van der Waals surface area contributed by atoms with Gasteiger partial charge in [-0.05, 0) is 76.1 Å². The van der Waals surface area contributed by atoms with E-state index >= 15 is 0 Å². The Morgan fingerprint density at radius 3 is 2.59 bits per heavy atom. The number of fused-ring (bicyclic) bond motifs is 1. The molecular weight excluding hydrogens is 556 g/mol. The van der Waals surface area contributed by atoms with E-state index in [1.54, 1.807) is 47.6 Å². The quantitative estimate of drug-likeness (QED) is 0.363. The number of aromatic nitrogens is 1. The Kier molecular flexibility index (Phi) is 12.3. The van der Waals surface area contributed by atoms with Crippen molar-refractivity contribution in [2.24, 2.45) is 5.92 Å². The summed E-state index contributed by atoms with van der Waals surface area (Å²) in [5, 5.41) is 13.1. The van der Waals surface area contributed by atoms with E-state index in [9.17, 15) is 14.7 Å². The number of nitrogens with one attached hydrogen (secondary N) is 1. The third-order valence-electron chi connectivity index (χ3n) is 8.04. The summed E-state index contributed by atoms with van der Waals surface area (Å²) >= 11 is 0. The van der Waals surface area contributed by atoms with Gasteiger partial charge in [-0.25, -0.2) is 0 Å². The molecule has 0 aliphatic carbocycles. The summed E-state index contributed by atoms with van der Waals surface area (Å²) in [5.41, 5.74) is 2.51. The highest BCUT2D eigenvalue weighted by Gasteiger charge is 2.30. The molecule has 0 radical (unpaired) electrons. The highest BCUT2D eigenvalue weighted by atomic mass is 16.5. The van der Waals surface area contributed by atoms with E-state index in [0.717, 1.165) is 25.8 Å². The van der Waals surface area contributed by atoms with Gasteiger partial charge in [-0.15, -0.1) is 0 Å². The largest absolute Gasteiger partial charge is 0.490 e. The monoisotopic (exact) mass is 602 g/mol. The molecule has 0 bridgehead atoms. The lowest BCUT2D eigenvalue weighted by atomic mass is 10.0. The molecule has 1 aliphatic heterocycles. The number of carbonyl (C=O) groups is 2. The number of amides is 2. The fraction of sp³-hybridized carbons (Fsp3) is 0.457. The van der Waals surface area contributed by atoms with Crippen LogP contribution in [-0.4, -0.2) is 83.3 Å². The highest BCUT2D eigenvalue weighted by Crippen LogP contribution is 2.29. The maximum Gasteiger partial charge on any atom is 0.258 e. The number of pyridine rings is 1. The van der Waals surface area contributed by atoms with Gasteiger partial charge in [-0.2, -0.15) is 0 Å². The number of rotatable bonds is 8. The minimum Gasteiger partial charge on any atom is -0.490 e. The highest BCUT2D eigenvalue weighted by molar-refractivity contribution is 6.05. The van der Waals surface area contributed by atoms with Crippen molar-refractivity contribution in [1.82, 2.24) is 14.8 Å². The van der Waals surface area contributed by atoms with E-state index in [4.69, 9.17) is 9.47 Å². The van der Waals surface area contributed by atoms with Crippen molar-refractivity contribution in [3.8, 4) is 5.75 Å². The Balaban J connectivity index is 1.61. The SMILES string of the molecule is C[C@@H]1CCCCO[C@H](CN(C)Cc2ccccc2)[C@@H](C)CN([C@H](C)CO)C(=O)c2cc(NC(=O)c3ccncc3)ccc2O1. The molecule has 0 saturated carbocycles. The van der Waals surface area contributed by atoms with Crippen LogP contribution in [0.2, 0.25) is 0 Å². The van der Waals surface area contributed by atoms with Gasteiger partial charge in [0.15, 0.2) is 0 Å². The van der Waals surface area contributed by atoms with Crippen molar-refractivity contribution < 1.29 is 24.2 Å². The maximum absolute atomic E-state index is 14.3. The number of carbonyl (C=O) groups excluding carboxylic acids is 2. The van der Waals surface area contributed by atoms with Crippen molar-refractivity contribution in [2.45, 2.75) is 64.8 Å². The third kappa shape index (κ3) is 9.35. The first-order valence-electron chi connectivity index (χ1n) is 15.5. The maximum atomic E-state index is 14.3. The Morgan fingerprint density at radius 1 is 1.11 bits per heavy atom. The molecule has 0 spiro atoms. The molecule has 0 unspecified atom stereocenters. The Labute approximate surface area is 261 Å². The molecule has 0 saturated heterocycles. The van der Waals surface area contributed by atoms with Crippen LogP contribution in [-0.2, 0) is 11.3 Å². The smallest absolute Gasteiger partial charge is 0.258 e. The average molecular weight is 603 g/mol. The summed E-state index contributed by atoms with van der Waals surface area (Å²) in [4.78, 5) is 35.1. The molecule has 4 atom stereocenters. The van der Waals surface area contributed by atoms with Gasteiger partial charge >= 0.3 is 0 Å². The number of hydrogen-bond acceptors (Lipinski definition) is 7. The van der Waals surface area contributed by atoms with E-state index in [1.807, 2.05) is 32.0 Å². The summed E-state index contributed by atoms with van der Waals surface area (Å²) in [6, 6.07) is 18.3. The van der Waals surface area contributed by atoms with Gasteiger partial charge in [-0.3, -0.25) is 19.5 Å². The number of aliphatic hydroxyl groups excluding tert-OH is 1. The molecule has 3 aromatic rings. The van der Waals surface area contributed by atoms with Crippen molar-refractivity contribution in [1.29, 1.82) is 0 Å². The van der Waals surface area contributed by atoms with Gasteiger partial charge in [0.25, 0.3) is 11.8 Å². The fourth-order valence-electron chi connectivity index (χ4n) is 5.44. The number of ether oxygens (including phenoxy) is 2. The molecule has 236 valence electrons. The van der Waals surface area contributed by atoms with Crippen molar-refractivity contribution in [3.05, 3.63) is 89.7 Å². The molecule has 44 heavy (non-hydrogen) atoms. The van der Waals surface area contributed by atoms with Crippen LogP contribution < -0.4 is 10.1 Å². The number of likely N-dealkylation sites (N-methyl/N-ethyl adjacent to an activating group) is 1. The van der Waals surface area contributed by atoms with Crippen LogP contribution in [0.4, 0.5) is 5.69 Å². The van der Waals surface area contributed by atoms with Gasteiger partial charge in [-0.1, -0.05) is 37.3 Å². The number of benzene rings is 2. The molecule has 9 nitrogen and oxygen atoms in total. The minimum atomic E-state index is -0.444. The first-order chi connectivity index (χ1) is 21.2. The molecule has 4 rings (SSSR count). The van der Waals surface area contributed by atoms with Crippen molar-refractivity contribution >= 4 is 17.5 Å². The van der Waals surface area contributed by atoms with Crippen LogP contribution in [0, 0.1) is 5.92 Å². The summed E-state index contributed by atoms with van der Waals surface area (Å²) in [5.74, 6) is -0.135. The molecule has 2 amide bonds. The normalized spacial score (nSPS) is 20.7. The molecule has 1 aliphatic rings. The zero-order valence-corrected chi connectivity index (χ0v) is 26.3. The average Bonchev–Trinajstić information content (AvgIpc) is 3.03. The first kappa shape index (κ1) is 33.1. The van der Waals surface area contributed by atoms with Crippen LogP contribution in [0.3, 0.4) is 0 Å². The van der Waals surface area contributed by atoms with Gasteiger partial charge in [0.1, 0.15) is 5.75 Å². The fourth-order valence-corrected chi connectivity index (χ4v) is 5.44. The number of nitrogens with zero attached hydrogens (tertiary/aromatic N) is 3. The second-order valence-electron chi connectivity index (χ2n) is 11.9. The van der Waals surface area contributed by atoms with Gasteiger partial charge in [0.05, 0.1) is 30.4 Å². The van der Waals surface area contributed by atoms with Gasteiger partial charge < -0.3 is 24.8 Å². The number of hydrogen-bond donors (Lipinski definition) is 2. The third-order valence-corrected chi connectivity index (χ3v) is 8.04. The lowest BCUT2D eigenvalue weighted by molar-refractivity contribution is -0.0177. The van der Waals surface area contributed by atoms with E-state index in [-0.39, 0.29) is 36.5 Å². The van der Waals surface area contributed by atoms with Gasteiger partial charge in [0.2, 0.25) is 0 Å². The molecule has 2 aromatic carbocycles. The topological polar surface area (TPSA) is 104 Å². The predicted molar refractivity (Wildman–Crippen MR) is 172 cm³/mol. The van der Waals surface area contributed by atoms with E-state index < -0.39 is 6.04 Å². The zero-order valence-electron chi connectivity index (χ0n) is 26.3. The Morgan fingerprint density at radius 2 is 1.86 bits per heavy atom. The molecule has 2 heterocycles. The second kappa shape index (κ2) is 16.3. The van der Waals surface area contributed by atoms with E-state index in [1.165, 1.54) is 5.56 Å². The molecule has 0 fully saturated rings. The summed E-state index contributed by atoms with van der Waals surface area (Å²) < 4.78 is 12.8. The Bertz CT molecular complexity index is 1340. The van der Waals surface area contributed by atoms with Crippen LogP contribution in [0.1, 0.15) is 66.3 Å². The summed E-state index contributed by atoms with van der Waals surface area (Å²) in [6.07, 6.45) is 5.51. The van der Waals surface area contributed by atoms with Crippen LogP contribution in [0.15, 0.2) is 73.1 Å². The lowest BCUT2D eigenvalue weighted by Gasteiger charge is -2.36. The standard InChI is InChI=1S/C35H46N4O5/c1-25-21-39(26(2)24-40)35(42)31-20-30(37-34(41)29-15-17-36-18-16-29)13-14-32(31)44-27(3)10-8-9-19-43-33(25)23-38(4)22-28-11-6-5-7-12-28/h5-7,11-18,20,25-27,33,40H,8-10,19,21-24H2,1-4H3,(H,37,41)/t25-,26+,27+,33+/m0/s1. The molecule has 2 N–H and O–H groups in total. The molecule has 9 heteroatoms. The summed E-state index contributed by atoms with van der Waals surface area (Å²) in [6.45, 7) is 8.24. The van der Waals surface area contributed by atoms with Crippen LogP contribution >= 0.6 is 0 Å². The number of anilines is 1. The second-order valence-corrected chi connectivity index (χ2v) is 11.9. The molecular formula is C35H46N4O5. The molecule has 1 aromatic heterocycles. The number of aliphatic hydroxyl groups is 1. The lowest BCUT2D eigenvalue weighted by Crippen LogP contribution is -2.47. The van der Waals surface area contributed by atoms with Crippen molar-refractivity contribution in [2.75, 3.05) is 38.7 Å². The minimum absolute atomic E-state index is 0.0213. The zero-order chi connectivity index (χ0) is 31.5. The van der Waals surface area contributed by atoms with Crippen molar-refractivity contribution in [3.63, 3.8) is 0 Å². The van der Waals surface area contributed by atoms with Gasteiger partial charge in [0, 0.05) is 55.8 Å². The predicted octanol–water partition coefficient (Wildman–Crippen LogP) is 5.26. The van der Waals surface area contributed by atoms with E-state index in [2.05, 4.69) is 41.3 Å². The Hall–Kier alpha value is -3.79. The van der Waals surface area contributed by atoms with Crippen LogP contribution in [0.5, 0.6) is 5.75 Å². The van der Waals surface area contributed by atoms with E-state index in [0.29, 0.717) is 42.3 Å². The summed E-state index contributed by atoms with van der Waals surface area (Å²) in [7, 11) is 2.09. The van der Waals surface area contributed by atoms with Crippen LogP contribution in [0.25, 0.3) is 0 Å². The first-order valence-corrected chi connectivity index (χ1v) is 15.5.